The minimum atomic E-state index is 0.0665. The van der Waals surface area contributed by atoms with Crippen LogP contribution < -0.4 is 21.3 Å². The lowest BCUT2D eigenvalue weighted by molar-refractivity contribution is -0.129. The third kappa shape index (κ3) is 20.4. The van der Waals surface area contributed by atoms with Crippen LogP contribution in [0.5, 0.6) is 0 Å². The highest BCUT2D eigenvalue weighted by Crippen LogP contribution is 2.25. The SMILES string of the molecule is CCCCCCCCCCCCCCC/C=C/CC1C/C2=N/CCCNCCCNCCNCCCNCCCN2C1=O. The van der Waals surface area contributed by atoms with E-state index >= 15 is 0 Å². The largest absolute Gasteiger partial charge is 0.317 e. The predicted molar refractivity (Wildman–Crippen MR) is 186 cm³/mol. The molecule has 250 valence electrons. The molecule has 2 heterocycles. The molecule has 0 spiro atoms. The molecule has 1 unspecified atom stereocenters. The first-order valence-corrected chi connectivity index (χ1v) is 18.7. The van der Waals surface area contributed by atoms with E-state index in [2.05, 4.69) is 40.3 Å². The molecule has 2 aliphatic rings. The third-order valence-electron chi connectivity index (χ3n) is 8.85. The molecule has 0 aromatic carbocycles. The van der Waals surface area contributed by atoms with E-state index in [9.17, 15) is 4.79 Å². The van der Waals surface area contributed by atoms with Crippen molar-refractivity contribution in [2.24, 2.45) is 10.9 Å². The summed E-state index contributed by atoms with van der Waals surface area (Å²) in [5, 5.41) is 14.1. The fourth-order valence-electron chi connectivity index (χ4n) is 6.12. The number of hydrogen-bond donors (Lipinski definition) is 4. The van der Waals surface area contributed by atoms with Crippen LogP contribution in [0, 0.1) is 5.92 Å². The number of amides is 1. The van der Waals surface area contributed by atoms with Crippen molar-refractivity contribution in [3.63, 3.8) is 0 Å². The summed E-state index contributed by atoms with van der Waals surface area (Å²) < 4.78 is 0. The molecule has 0 aromatic heterocycles. The van der Waals surface area contributed by atoms with Gasteiger partial charge in [0, 0.05) is 38.5 Å². The Morgan fingerprint density at radius 2 is 1.16 bits per heavy atom. The van der Waals surface area contributed by atoms with Crippen molar-refractivity contribution >= 4 is 11.7 Å². The number of aliphatic imine (C=N–C) groups is 1. The topological polar surface area (TPSA) is 80.8 Å². The van der Waals surface area contributed by atoms with Crippen molar-refractivity contribution in [3.05, 3.63) is 12.2 Å². The second-order valence-electron chi connectivity index (χ2n) is 12.8. The minimum Gasteiger partial charge on any atom is -0.317 e. The molecule has 0 saturated carbocycles. The molecule has 0 radical (unpaired) electrons. The second kappa shape index (κ2) is 28.2. The lowest BCUT2D eigenvalue weighted by Crippen LogP contribution is -2.34. The molecule has 1 fully saturated rings. The number of nitrogens with zero attached hydrogens (tertiary/aromatic N) is 2. The first-order valence-electron chi connectivity index (χ1n) is 18.7. The molecule has 0 aromatic rings. The smallest absolute Gasteiger partial charge is 0.231 e. The van der Waals surface area contributed by atoms with E-state index < -0.39 is 0 Å². The Kier molecular flexibility index (Phi) is 24.9. The Morgan fingerprint density at radius 3 is 1.77 bits per heavy atom. The zero-order valence-electron chi connectivity index (χ0n) is 28.2. The molecular weight excluding hydrogens is 532 g/mol. The van der Waals surface area contributed by atoms with Crippen molar-refractivity contribution in [3.8, 4) is 0 Å². The number of rotatable bonds is 16. The maximum absolute atomic E-state index is 13.3. The number of hydrogen-bond acceptors (Lipinski definition) is 6. The van der Waals surface area contributed by atoms with Gasteiger partial charge < -0.3 is 26.2 Å². The Bertz CT molecular complexity index is 712. The molecule has 0 aliphatic carbocycles. The van der Waals surface area contributed by atoms with Gasteiger partial charge in [0.15, 0.2) is 0 Å². The minimum absolute atomic E-state index is 0.0665. The van der Waals surface area contributed by atoms with Gasteiger partial charge in [-0.15, -0.1) is 0 Å². The maximum atomic E-state index is 13.3. The van der Waals surface area contributed by atoms with Crippen molar-refractivity contribution < 1.29 is 4.79 Å². The average molecular weight is 603 g/mol. The molecule has 0 bridgehead atoms. The van der Waals surface area contributed by atoms with Crippen LogP contribution in [0.25, 0.3) is 0 Å². The standard InChI is InChI=1S/C36H70N6O/c1-2-3-4-5-6-7-8-9-10-11-12-13-14-15-16-17-22-34-33-35-41-29-20-27-37-23-18-25-39-30-31-40-26-19-24-38-28-21-32-42(35)36(34)43/h16-17,34,37-40H,2-15,18-33H2,1H3/b17-16+,41-35-. The molecule has 43 heavy (non-hydrogen) atoms. The molecule has 1 amide bonds. The first-order chi connectivity index (χ1) is 21.3. The van der Waals surface area contributed by atoms with E-state index in [0.29, 0.717) is 0 Å². The van der Waals surface area contributed by atoms with Gasteiger partial charge in [0.1, 0.15) is 5.84 Å². The van der Waals surface area contributed by atoms with Gasteiger partial charge in [0.25, 0.3) is 0 Å². The van der Waals surface area contributed by atoms with E-state index in [1.165, 1.54) is 83.5 Å². The van der Waals surface area contributed by atoms with Gasteiger partial charge >= 0.3 is 0 Å². The fraction of sp³-hybridized carbons (Fsp3) is 0.889. The zero-order chi connectivity index (χ0) is 30.5. The number of carbonyl (C=O) groups excluding carboxylic acids is 1. The first kappa shape index (κ1) is 37.9. The number of amidine groups is 1. The fourth-order valence-corrected chi connectivity index (χ4v) is 6.12. The van der Waals surface area contributed by atoms with E-state index in [1.54, 1.807) is 0 Å². The van der Waals surface area contributed by atoms with Crippen molar-refractivity contribution in [1.82, 2.24) is 26.2 Å². The van der Waals surface area contributed by atoms with Gasteiger partial charge in [0.2, 0.25) is 5.91 Å². The third-order valence-corrected chi connectivity index (χ3v) is 8.85. The van der Waals surface area contributed by atoms with Gasteiger partial charge in [-0.05, 0) is 84.2 Å². The Labute approximate surface area is 266 Å². The Balaban J connectivity index is 1.62. The molecule has 1 saturated heterocycles. The zero-order valence-corrected chi connectivity index (χ0v) is 28.2. The van der Waals surface area contributed by atoms with E-state index in [1.807, 2.05) is 4.90 Å². The highest BCUT2D eigenvalue weighted by molar-refractivity contribution is 6.06. The summed E-state index contributed by atoms with van der Waals surface area (Å²) in [6, 6.07) is 0. The maximum Gasteiger partial charge on any atom is 0.231 e. The molecule has 1 atom stereocenters. The molecule has 7 heteroatoms. The molecule has 4 N–H and O–H groups in total. The summed E-state index contributed by atoms with van der Waals surface area (Å²) >= 11 is 0. The molecule has 2 rings (SSSR count). The quantitative estimate of drug-likeness (QED) is 0.118. The number of unbranched alkanes of at least 4 members (excludes halogenated alkanes) is 13. The number of nitrogens with one attached hydrogen (secondary N) is 4. The van der Waals surface area contributed by atoms with Gasteiger partial charge in [-0.3, -0.25) is 9.79 Å². The summed E-state index contributed by atoms with van der Waals surface area (Å²) in [5.41, 5.74) is 0. The van der Waals surface area contributed by atoms with Crippen LogP contribution in [-0.4, -0.2) is 82.1 Å². The number of carbonyl (C=O) groups is 1. The summed E-state index contributed by atoms with van der Waals surface area (Å²) in [5.74, 6) is 1.38. The predicted octanol–water partition coefficient (Wildman–Crippen LogP) is 6.59. The summed E-state index contributed by atoms with van der Waals surface area (Å²) in [6.07, 6.45) is 29.9. The number of allylic oxidation sites excluding steroid dienone is 2. The van der Waals surface area contributed by atoms with Gasteiger partial charge in [-0.2, -0.15) is 0 Å². The highest BCUT2D eigenvalue weighted by atomic mass is 16.2. The lowest BCUT2D eigenvalue weighted by Gasteiger charge is -2.18. The van der Waals surface area contributed by atoms with Gasteiger partial charge in [-0.25, -0.2) is 0 Å². The summed E-state index contributed by atoms with van der Waals surface area (Å²) in [4.78, 5) is 20.3. The van der Waals surface area contributed by atoms with Crippen LogP contribution in [0.1, 0.15) is 135 Å². The van der Waals surface area contributed by atoms with Crippen LogP contribution in [0.4, 0.5) is 0 Å². The van der Waals surface area contributed by atoms with Crippen LogP contribution in [0.3, 0.4) is 0 Å². The highest BCUT2D eigenvalue weighted by Gasteiger charge is 2.35. The normalized spacial score (nSPS) is 22.3. The van der Waals surface area contributed by atoms with Crippen molar-refractivity contribution in [2.75, 3.05) is 65.4 Å². The summed E-state index contributed by atoms with van der Waals surface area (Å²) in [6.45, 7) is 12.0. The van der Waals surface area contributed by atoms with Crippen molar-refractivity contribution in [1.29, 1.82) is 0 Å². The number of fused-ring (bicyclic) bond motifs is 1. The van der Waals surface area contributed by atoms with E-state index in [0.717, 1.165) is 116 Å². The monoisotopic (exact) mass is 603 g/mol. The van der Waals surface area contributed by atoms with Crippen molar-refractivity contribution in [2.45, 2.75) is 135 Å². The van der Waals surface area contributed by atoms with Crippen LogP contribution in [0.15, 0.2) is 17.1 Å². The molecule has 2 aliphatic heterocycles. The molecular formula is C36H70N6O. The van der Waals surface area contributed by atoms with E-state index in [4.69, 9.17) is 4.99 Å². The van der Waals surface area contributed by atoms with Crippen LogP contribution >= 0.6 is 0 Å². The van der Waals surface area contributed by atoms with Gasteiger partial charge in [-0.1, -0.05) is 96.1 Å². The Morgan fingerprint density at radius 1 is 0.651 bits per heavy atom. The van der Waals surface area contributed by atoms with Crippen LogP contribution in [-0.2, 0) is 4.79 Å². The van der Waals surface area contributed by atoms with Crippen LogP contribution in [0.2, 0.25) is 0 Å². The molecule has 7 nitrogen and oxygen atoms in total. The van der Waals surface area contributed by atoms with E-state index in [-0.39, 0.29) is 11.8 Å². The lowest BCUT2D eigenvalue weighted by atomic mass is 10.0. The second-order valence-corrected chi connectivity index (χ2v) is 12.8. The Hall–Kier alpha value is -1.28. The average Bonchev–Trinajstić information content (AvgIpc) is 3.31. The van der Waals surface area contributed by atoms with Gasteiger partial charge in [0.05, 0.1) is 0 Å². The summed E-state index contributed by atoms with van der Waals surface area (Å²) in [7, 11) is 0.